The molecular formula is C16H21NO3. The minimum absolute atomic E-state index is 0.177. The number of hydroxylamine groups is 2. The number of benzene rings is 1. The van der Waals surface area contributed by atoms with E-state index in [1.165, 1.54) is 0 Å². The van der Waals surface area contributed by atoms with Crippen molar-refractivity contribution in [1.29, 1.82) is 0 Å². The van der Waals surface area contributed by atoms with Gasteiger partial charge in [0.1, 0.15) is 5.78 Å². The van der Waals surface area contributed by atoms with E-state index >= 15 is 0 Å². The van der Waals surface area contributed by atoms with E-state index in [1.807, 2.05) is 51.1 Å². The van der Waals surface area contributed by atoms with Crippen molar-refractivity contribution in [3.8, 4) is 0 Å². The number of piperidine rings is 1. The maximum absolute atomic E-state index is 12.0. The third-order valence-corrected chi connectivity index (χ3v) is 3.38. The van der Waals surface area contributed by atoms with Crippen LogP contribution < -0.4 is 0 Å². The molecule has 4 heteroatoms. The van der Waals surface area contributed by atoms with Gasteiger partial charge in [0.05, 0.1) is 11.5 Å². The molecule has 1 atom stereocenters. The minimum Gasteiger partial charge on any atom is -0.367 e. The van der Waals surface area contributed by atoms with Crippen LogP contribution in [0.4, 0.5) is 0 Å². The lowest BCUT2D eigenvalue weighted by atomic mass is 9.96. The SMILES string of the molecule is CC(C)(C)C(=O)ON1CCC(=O)CC1c1ccccc1. The number of carbonyl (C=O) groups excluding carboxylic acids is 2. The number of carbonyl (C=O) groups is 2. The van der Waals surface area contributed by atoms with E-state index in [-0.39, 0.29) is 17.8 Å². The first-order chi connectivity index (χ1) is 9.38. The molecule has 1 heterocycles. The molecule has 1 aromatic rings. The normalized spacial score (nSPS) is 20.8. The maximum Gasteiger partial charge on any atom is 0.330 e. The predicted molar refractivity (Wildman–Crippen MR) is 75.7 cm³/mol. The first-order valence-corrected chi connectivity index (χ1v) is 6.93. The Morgan fingerprint density at radius 2 is 1.90 bits per heavy atom. The zero-order valence-corrected chi connectivity index (χ0v) is 12.3. The Morgan fingerprint density at radius 1 is 1.25 bits per heavy atom. The summed E-state index contributed by atoms with van der Waals surface area (Å²) in [7, 11) is 0. The number of rotatable bonds is 2. The largest absolute Gasteiger partial charge is 0.367 e. The van der Waals surface area contributed by atoms with Gasteiger partial charge < -0.3 is 4.84 Å². The Kier molecular flexibility index (Phi) is 4.23. The van der Waals surface area contributed by atoms with Crippen molar-refractivity contribution in [3.05, 3.63) is 35.9 Å². The Labute approximate surface area is 119 Å². The zero-order chi connectivity index (χ0) is 14.8. The predicted octanol–water partition coefficient (Wildman–Crippen LogP) is 2.90. The second kappa shape index (κ2) is 5.75. The number of hydrogen-bond acceptors (Lipinski definition) is 4. The summed E-state index contributed by atoms with van der Waals surface area (Å²) in [5, 5.41) is 1.66. The van der Waals surface area contributed by atoms with Gasteiger partial charge in [0, 0.05) is 19.4 Å². The molecule has 0 saturated carbocycles. The topological polar surface area (TPSA) is 46.6 Å². The number of Topliss-reactive ketones (excluding diaryl/α,β-unsaturated/α-hetero) is 1. The molecule has 4 nitrogen and oxygen atoms in total. The molecule has 0 N–H and O–H groups in total. The highest BCUT2D eigenvalue weighted by molar-refractivity contribution is 5.80. The Morgan fingerprint density at radius 3 is 2.50 bits per heavy atom. The van der Waals surface area contributed by atoms with E-state index in [9.17, 15) is 9.59 Å². The summed E-state index contributed by atoms with van der Waals surface area (Å²) in [6.45, 7) is 5.92. The van der Waals surface area contributed by atoms with Gasteiger partial charge in [-0.2, -0.15) is 0 Å². The van der Waals surface area contributed by atoms with Gasteiger partial charge in [0.25, 0.3) is 0 Å². The lowest BCUT2D eigenvalue weighted by Gasteiger charge is -2.34. The van der Waals surface area contributed by atoms with Crippen LogP contribution in [0.5, 0.6) is 0 Å². The van der Waals surface area contributed by atoms with Crippen molar-refractivity contribution in [3.63, 3.8) is 0 Å². The summed E-state index contributed by atoms with van der Waals surface area (Å²) < 4.78 is 0. The van der Waals surface area contributed by atoms with Gasteiger partial charge in [-0.1, -0.05) is 30.3 Å². The molecule has 1 saturated heterocycles. The van der Waals surface area contributed by atoms with Crippen LogP contribution in [0.3, 0.4) is 0 Å². The Hall–Kier alpha value is -1.68. The molecule has 0 aromatic heterocycles. The van der Waals surface area contributed by atoms with E-state index in [1.54, 1.807) is 5.06 Å². The lowest BCUT2D eigenvalue weighted by molar-refractivity contribution is -0.217. The molecule has 1 fully saturated rings. The van der Waals surface area contributed by atoms with E-state index in [0.717, 1.165) is 5.56 Å². The number of ketones is 1. The summed E-state index contributed by atoms with van der Waals surface area (Å²) in [6.07, 6.45) is 0.822. The summed E-state index contributed by atoms with van der Waals surface area (Å²) >= 11 is 0. The number of nitrogens with zero attached hydrogens (tertiary/aromatic N) is 1. The molecule has 0 aliphatic carbocycles. The molecular weight excluding hydrogens is 254 g/mol. The zero-order valence-electron chi connectivity index (χ0n) is 12.3. The van der Waals surface area contributed by atoms with Crippen LogP contribution in [-0.2, 0) is 14.4 Å². The van der Waals surface area contributed by atoms with Crippen molar-refractivity contribution >= 4 is 11.8 Å². The molecule has 20 heavy (non-hydrogen) atoms. The fourth-order valence-corrected chi connectivity index (χ4v) is 2.12. The monoisotopic (exact) mass is 275 g/mol. The summed E-state index contributed by atoms with van der Waals surface area (Å²) in [5.74, 6) is -0.0605. The van der Waals surface area contributed by atoms with Gasteiger partial charge in [-0.25, -0.2) is 4.79 Å². The van der Waals surface area contributed by atoms with Gasteiger partial charge in [0.15, 0.2) is 0 Å². The van der Waals surface area contributed by atoms with Crippen molar-refractivity contribution in [2.24, 2.45) is 5.41 Å². The molecule has 0 radical (unpaired) electrons. The molecule has 0 spiro atoms. The molecule has 1 aliphatic heterocycles. The highest BCUT2D eigenvalue weighted by Crippen LogP contribution is 2.30. The fourth-order valence-electron chi connectivity index (χ4n) is 2.12. The van der Waals surface area contributed by atoms with Crippen LogP contribution in [0, 0.1) is 5.41 Å². The van der Waals surface area contributed by atoms with Crippen molar-refractivity contribution in [2.45, 2.75) is 39.7 Å². The van der Waals surface area contributed by atoms with Crippen molar-refractivity contribution < 1.29 is 14.4 Å². The first kappa shape index (κ1) is 14.7. The highest BCUT2D eigenvalue weighted by Gasteiger charge is 2.34. The van der Waals surface area contributed by atoms with Crippen molar-refractivity contribution in [2.75, 3.05) is 6.54 Å². The van der Waals surface area contributed by atoms with Crippen LogP contribution in [-0.4, -0.2) is 23.4 Å². The molecule has 2 rings (SSSR count). The minimum atomic E-state index is -0.553. The molecule has 1 aromatic carbocycles. The molecule has 1 aliphatic rings. The second-order valence-electron chi connectivity index (χ2n) is 6.19. The van der Waals surface area contributed by atoms with Crippen LogP contribution in [0.25, 0.3) is 0 Å². The van der Waals surface area contributed by atoms with Crippen LogP contribution in [0.15, 0.2) is 30.3 Å². The van der Waals surface area contributed by atoms with Crippen molar-refractivity contribution in [1.82, 2.24) is 5.06 Å². The standard InChI is InChI=1S/C16H21NO3/c1-16(2,3)15(19)20-17-10-9-13(18)11-14(17)12-7-5-4-6-8-12/h4-8,14H,9-11H2,1-3H3. The first-order valence-electron chi connectivity index (χ1n) is 6.93. The molecule has 1 unspecified atom stereocenters. The molecule has 0 amide bonds. The van der Waals surface area contributed by atoms with Gasteiger partial charge in [-0.15, -0.1) is 5.06 Å². The third kappa shape index (κ3) is 3.45. The maximum atomic E-state index is 12.0. The van der Waals surface area contributed by atoms with Gasteiger partial charge in [-0.3, -0.25) is 4.79 Å². The lowest BCUT2D eigenvalue weighted by Crippen LogP contribution is -2.41. The van der Waals surface area contributed by atoms with Crippen LogP contribution in [0.2, 0.25) is 0 Å². The average molecular weight is 275 g/mol. The Bertz CT molecular complexity index is 490. The molecule has 108 valence electrons. The van der Waals surface area contributed by atoms with Crippen LogP contribution in [0.1, 0.15) is 45.2 Å². The van der Waals surface area contributed by atoms with E-state index in [2.05, 4.69) is 0 Å². The molecule has 0 bridgehead atoms. The van der Waals surface area contributed by atoms with Crippen LogP contribution >= 0.6 is 0 Å². The second-order valence-corrected chi connectivity index (χ2v) is 6.19. The summed E-state index contributed by atoms with van der Waals surface area (Å²) in [5.41, 5.74) is 0.449. The summed E-state index contributed by atoms with van der Waals surface area (Å²) in [6, 6.07) is 9.53. The number of hydrogen-bond donors (Lipinski definition) is 0. The van der Waals surface area contributed by atoms with E-state index in [4.69, 9.17) is 4.84 Å². The van der Waals surface area contributed by atoms with Gasteiger partial charge >= 0.3 is 5.97 Å². The highest BCUT2D eigenvalue weighted by atomic mass is 16.7. The van der Waals surface area contributed by atoms with Gasteiger partial charge in [-0.05, 0) is 26.3 Å². The fraction of sp³-hybridized carbons (Fsp3) is 0.500. The van der Waals surface area contributed by atoms with E-state index < -0.39 is 5.41 Å². The third-order valence-electron chi connectivity index (χ3n) is 3.38. The van der Waals surface area contributed by atoms with Gasteiger partial charge in [0.2, 0.25) is 0 Å². The van der Waals surface area contributed by atoms with E-state index in [0.29, 0.717) is 19.4 Å². The Balaban J connectivity index is 2.17. The summed E-state index contributed by atoms with van der Waals surface area (Å²) in [4.78, 5) is 29.3. The average Bonchev–Trinajstić information content (AvgIpc) is 2.40. The smallest absolute Gasteiger partial charge is 0.330 e. The quantitative estimate of drug-likeness (QED) is 0.832.